The average Bonchev–Trinajstić information content (AvgIpc) is 3.74. The Labute approximate surface area is 365 Å². The molecule has 12 rings (SSSR count). The zero-order chi connectivity index (χ0) is 41.7. The summed E-state index contributed by atoms with van der Waals surface area (Å²) in [6.45, 7) is 9.19. The standard InChI is InChI=1S/C60H48N2/c1-38-14-5-9-20-55(38)61(56-21-10-6-15-39(56)2)45-29-33-49-48-30-25-40(34-53(48)60(3,4)54(49)37-45)24-26-41-27-31-51-47-32-28-44(36-52(47)50-19-13-18-46(41)59(50)51)62-57-22-11-7-16-42(57)35-43-17-8-12-23-58(43)62/h5-11,13-22,24-34,36-37H,12,23,35H2,1-4H3/b26-24+. The fourth-order valence-corrected chi connectivity index (χ4v) is 11.0. The molecular formula is C60H48N2. The van der Waals surface area contributed by atoms with Crippen LogP contribution < -0.4 is 9.80 Å². The van der Waals surface area contributed by atoms with Crippen LogP contribution >= 0.6 is 0 Å². The van der Waals surface area contributed by atoms with Crippen LogP contribution in [0.25, 0.3) is 56.3 Å². The molecule has 1 heterocycles. The van der Waals surface area contributed by atoms with E-state index in [1.54, 1.807) is 0 Å². The van der Waals surface area contributed by atoms with Gasteiger partial charge >= 0.3 is 0 Å². The second kappa shape index (κ2) is 13.9. The van der Waals surface area contributed by atoms with Gasteiger partial charge in [-0.2, -0.15) is 0 Å². The van der Waals surface area contributed by atoms with Crippen molar-refractivity contribution in [3.63, 3.8) is 0 Å². The normalized spacial score (nSPS) is 15.1. The quantitative estimate of drug-likeness (QED) is 0.155. The highest BCUT2D eigenvalue weighted by Gasteiger charge is 2.36. The molecule has 0 fully saturated rings. The van der Waals surface area contributed by atoms with Gasteiger partial charge in [-0.3, -0.25) is 0 Å². The Balaban J connectivity index is 0.880. The smallest absolute Gasteiger partial charge is 0.0493 e. The number of para-hydroxylation sites is 3. The Morgan fingerprint density at radius 2 is 1.27 bits per heavy atom. The maximum atomic E-state index is 2.54. The zero-order valence-corrected chi connectivity index (χ0v) is 35.8. The van der Waals surface area contributed by atoms with Gasteiger partial charge < -0.3 is 9.80 Å². The van der Waals surface area contributed by atoms with Crippen LogP contribution in [-0.2, 0) is 11.8 Å². The molecule has 1 aliphatic heterocycles. The lowest BCUT2D eigenvalue weighted by Gasteiger charge is -2.36. The van der Waals surface area contributed by atoms with Gasteiger partial charge in [0.1, 0.15) is 0 Å². The molecule has 2 heteroatoms. The zero-order valence-electron chi connectivity index (χ0n) is 35.8. The van der Waals surface area contributed by atoms with Crippen LogP contribution in [0.4, 0.5) is 28.4 Å². The molecule has 0 atom stereocenters. The van der Waals surface area contributed by atoms with E-state index in [4.69, 9.17) is 0 Å². The number of hydrogen-bond donors (Lipinski definition) is 0. The number of allylic oxidation sites excluding steroid dienone is 4. The first-order valence-electron chi connectivity index (χ1n) is 22.2. The molecule has 0 saturated heterocycles. The molecule has 8 aromatic carbocycles. The number of aryl methyl sites for hydroxylation is 2. The van der Waals surface area contributed by atoms with E-state index in [1.165, 1.54) is 123 Å². The van der Waals surface area contributed by atoms with Crippen molar-refractivity contribution in [1.82, 2.24) is 0 Å². The fourth-order valence-electron chi connectivity index (χ4n) is 11.0. The van der Waals surface area contributed by atoms with E-state index in [1.807, 2.05) is 0 Å². The topological polar surface area (TPSA) is 6.48 Å². The van der Waals surface area contributed by atoms with Crippen molar-refractivity contribution in [3.05, 3.63) is 220 Å². The van der Waals surface area contributed by atoms with E-state index in [9.17, 15) is 0 Å². The van der Waals surface area contributed by atoms with E-state index in [-0.39, 0.29) is 5.41 Å². The van der Waals surface area contributed by atoms with E-state index < -0.39 is 0 Å². The van der Waals surface area contributed by atoms with Crippen LogP contribution in [0.15, 0.2) is 181 Å². The van der Waals surface area contributed by atoms with Gasteiger partial charge in [0.25, 0.3) is 0 Å². The lowest BCUT2D eigenvalue weighted by atomic mass is 9.81. The minimum Gasteiger partial charge on any atom is -0.314 e. The van der Waals surface area contributed by atoms with Crippen LogP contribution in [0.3, 0.4) is 0 Å². The number of hydrogen-bond acceptors (Lipinski definition) is 2. The third kappa shape index (κ3) is 5.56. The lowest BCUT2D eigenvalue weighted by Crippen LogP contribution is -2.25. The van der Waals surface area contributed by atoms with Crippen LogP contribution in [0.1, 0.15) is 65.6 Å². The van der Waals surface area contributed by atoms with E-state index in [0.717, 1.165) is 19.3 Å². The summed E-state index contributed by atoms with van der Waals surface area (Å²) in [6, 6.07) is 59.2. The van der Waals surface area contributed by atoms with Gasteiger partial charge in [-0.15, -0.1) is 0 Å². The molecule has 0 aromatic heterocycles. The van der Waals surface area contributed by atoms with Crippen molar-refractivity contribution in [2.24, 2.45) is 0 Å². The lowest BCUT2D eigenvalue weighted by molar-refractivity contribution is 0.660. The Morgan fingerprint density at radius 1 is 0.581 bits per heavy atom. The molecule has 0 bridgehead atoms. The molecule has 2 nitrogen and oxygen atoms in total. The summed E-state index contributed by atoms with van der Waals surface area (Å²) in [5.74, 6) is 0. The van der Waals surface area contributed by atoms with Crippen molar-refractivity contribution in [3.8, 4) is 33.4 Å². The van der Waals surface area contributed by atoms with Gasteiger partial charge in [-0.1, -0.05) is 153 Å². The number of benzene rings is 8. The van der Waals surface area contributed by atoms with Gasteiger partial charge in [0.15, 0.2) is 0 Å². The first kappa shape index (κ1) is 36.7. The molecule has 0 saturated carbocycles. The average molecular weight is 797 g/mol. The predicted molar refractivity (Wildman–Crippen MR) is 263 cm³/mol. The largest absolute Gasteiger partial charge is 0.314 e. The SMILES string of the molecule is Cc1ccccc1N(c1ccc2c(c1)C(C)(C)c1cc(/C=C/c3ccc4c5c(cccc35)-c3cc(N5C6=C(C=CCC6)Cc6ccccc65)ccc3-4)ccc1-2)c1ccccc1C. The predicted octanol–water partition coefficient (Wildman–Crippen LogP) is 16.3. The number of rotatable bonds is 6. The molecule has 0 unspecified atom stereocenters. The second-order valence-electron chi connectivity index (χ2n) is 18.1. The van der Waals surface area contributed by atoms with E-state index in [2.05, 4.69) is 220 Å². The molecule has 4 aliphatic rings. The first-order valence-corrected chi connectivity index (χ1v) is 22.2. The number of fused-ring (bicyclic) bond motifs is 7. The molecule has 0 radical (unpaired) electrons. The number of anilines is 5. The summed E-state index contributed by atoms with van der Waals surface area (Å²) >= 11 is 0. The molecule has 8 aromatic rings. The molecule has 62 heavy (non-hydrogen) atoms. The van der Waals surface area contributed by atoms with E-state index in [0.29, 0.717) is 0 Å². The second-order valence-corrected chi connectivity index (χ2v) is 18.1. The summed E-state index contributed by atoms with van der Waals surface area (Å²) in [4.78, 5) is 4.97. The summed E-state index contributed by atoms with van der Waals surface area (Å²) in [6.07, 6.45) is 12.5. The third-order valence-corrected chi connectivity index (χ3v) is 14.1. The van der Waals surface area contributed by atoms with Crippen LogP contribution in [0.2, 0.25) is 0 Å². The summed E-state index contributed by atoms with van der Waals surface area (Å²) in [7, 11) is 0. The fraction of sp³-hybridized carbons (Fsp3) is 0.133. The van der Waals surface area contributed by atoms with Crippen molar-refractivity contribution in [2.75, 3.05) is 9.80 Å². The van der Waals surface area contributed by atoms with Crippen molar-refractivity contribution in [1.29, 1.82) is 0 Å². The highest BCUT2D eigenvalue weighted by atomic mass is 15.2. The maximum Gasteiger partial charge on any atom is 0.0493 e. The summed E-state index contributed by atoms with van der Waals surface area (Å²) in [5.41, 5.74) is 25.9. The summed E-state index contributed by atoms with van der Waals surface area (Å²) < 4.78 is 0. The molecule has 298 valence electrons. The Bertz CT molecular complexity index is 3240. The Morgan fingerprint density at radius 3 is 2.08 bits per heavy atom. The minimum atomic E-state index is -0.164. The van der Waals surface area contributed by atoms with Gasteiger partial charge in [-0.25, -0.2) is 0 Å². The van der Waals surface area contributed by atoms with Crippen molar-refractivity contribution >= 4 is 51.4 Å². The van der Waals surface area contributed by atoms with Gasteiger partial charge in [-0.05, 0) is 158 Å². The molecule has 0 spiro atoms. The first-order chi connectivity index (χ1) is 30.3. The molecular weight excluding hydrogens is 749 g/mol. The van der Waals surface area contributed by atoms with E-state index >= 15 is 0 Å². The third-order valence-electron chi connectivity index (χ3n) is 14.1. The minimum absolute atomic E-state index is 0.164. The number of nitrogens with zero attached hydrogens (tertiary/aromatic N) is 2. The van der Waals surface area contributed by atoms with Crippen molar-refractivity contribution in [2.45, 2.75) is 52.4 Å². The molecule has 3 aliphatic carbocycles. The highest BCUT2D eigenvalue weighted by molar-refractivity contribution is 6.17. The maximum absolute atomic E-state index is 2.54. The molecule has 0 N–H and O–H groups in total. The monoisotopic (exact) mass is 796 g/mol. The highest BCUT2D eigenvalue weighted by Crippen LogP contribution is 2.53. The Kier molecular flexibility index (Phi) is 8.25. The summed E-state index contributed by atoms with van der Waals surface area (Å²) in [5, 5.41) is 2.65. The van der Waals surface area contributed by atoms with Crippen LogP contribution in [0.5, 0.6) is 0 Å². The Hall–Kier alpha value is -7.16. The van der Waals surface area contributed by atoms with Crippen LogP contribution in [0, 0.1) is 13.8 Å². The van der Waals surface area contributed by atoms with Gasteiger partial charge in [0, 0.05) is 46.0 Å². The molecule has 0 amide bonds. The van der Waals surface area contributed by atoms with Gasteiger partial charge in [0.05, 0.1) is 0 Å². The van der Waals surface area contributed by atoms with Crippen LogP contribution in [-0.4, -0.2) is 0 Å². The van der Waals surface area contributed by atoms with Gasteiger partial charge in [0.2, 0.25) is 0 Å². The van der Waals surface area contributed by atoms with Crippen molar-refractivity contribution < 1.29 is 0 Å².